The van der Waals surface area contributed by atoms with Gasteiger partial charge in [-0.25, -0.2) is 4.98 Å². The van der Waals surface area contributed by atoms with Crippen molar-refractivity contribution >= 4 is 11.4 Å². The number of hydrogen-bond acceptors (Lipinski definition) is 5. The maximum atomic E-state index is 10.8. The van der Waals surface area contributed by atoms with Crippen LogP contribution in [-0.2, 0) is 6.42 Å². The van der Waals surface area contributed by atoms with Crippen molar-refractivity contribution in [1.29, 1.82) is 5.26 Å². The molecule has 0 radical (unpaired) electrons. The fourth-order valence-electron chi connectivity index (χ4n) is 1.65. The van der Waals surface area contributed by atoms with E-state index in [1.165, 1.54) is 12.1 Å². The summed E-state index contributed by atoms with van der Waals surface area (Å²) in [7, 11) is 0. The topological polar surface area (TPSA) is 108 Å². The number of nitro groups is 1. The van der Waals surface area contributed by atoms with Gasteiger partial charge in [0.1, 0.15) is 11.6 Å². The first-order valence-electron chi connectivity index (χ1n) is 5.60. The van der Waals surface area contributed by atoms with E-state index in [1.807, 2.05) is 0 Å². The lowest BCUT2D eigenvalue weighted by Gasteiger charge is -2.05. The van der Waals surface area contributed by atoms with Crippen molar-refractivity contribution in [2.45, 2.75) is 6.42 Å². The molecule has 1 heterocycles. The summed E-state index contributed by atoms with van der Waals surface area (Å²) in [4.78, 5) is 17.1. The van der Waals surface area contributed by atoms with E-state index in [0.717, 1.165) is 12.1 Å². The van der Waals surface area contributed by atoms with E-state index in [4.69, 9.17) is 5.26 Å². The van der Waals surface area contributed by atoms with Crippen LogP contribution in [0, 0.1) is 21.4 Å². The van der Waals surface area contributed by atoms with Gasteiger partial charge in [0.2, 0.25) is 0 Å². The van der Waals surface area contributed by atoms with Gasteiger partial charge in [-0.3, -0.25) is 10.1 Å². The van der Waals surface area contributed by atoms with Gasteiger partial charge >= 0.3 is 0 Å². The standard InChI is InChI=1S/C12H11N5O2/c13-6-9-1-2-10(5-12(9)17(18)19)15-4-3-11-7-14-8-16-11/h1-2,5,7-8,15H,3-4H2,(H,14,16). The Bertz CT molecular complexity index is 616. The summed E-state index contributed by atoms with van der Waals surface area (Å²) < 4.78 is 0. The summed E-state index contributed by atoms with van der Waals surface area (Å²) in [5.74, 6) is 0. The Kier molecular flexibility index (Phi) is 3.73. The lowest BCUT2D eigenvalue weighted by molar-refractivity contribution is -0.385. The molecule has 2 aromatic rings. The minimum Gasteiger partial charge on any atom is -0.384 e. The van der Waals surface area contributed by atoms with E-state index < -0.39 is 4.92 Å². The summed E-state index contributed by atoms with van der Waals surface area (Å²) in [6.07, 6.45) is 4.05. The number of aromatic nitrogens is 2. The molecule has 0 atom stereocenters. The molecule has 0 bridgehead atoms. The van der Waals surface area contributed by atoms with Gasteiger partial charge in [-0.2, -0.15) is 5.26 Å². The van der Waals surface area contributed by atoms with Gasteiger partial charge in [0.15, 0.2) is 0 Å². The van der Waals surface area contributed by atoms with Crippen LogP contribution < -0.4 is 5.32 Å². The van der Waals surface area contributed by atoms with Crippen LogP contribution in [0.5, 0.6) is 0 Å². The molecule has 0 unspecified atom stereocenters. The molecule has 2 rings (SSSR count). The van der Waals surface area contributed by atoms with Crippen molar-refractivity contribution < 1.29 is 4.92 Å². The molecule has 7 nitrogen and oxygen atoms in total. The van der Waals surface area contributed by atoms with Crippen molar-refractivity contribution in [3.05, 3.63) is 52.1 Å². The van der Waals surface area contributed by atoms with Gasteiger partial charge in [-0.05, 0) is 12.1 Å². The summed E-state index contributed by atoms with van der Waals surface area (Å²) in [5, 5.41) is 22.6. The molecule has 96 valence electrons. The molecule has 1 aromatic carbocycles. The van der Waals surface area contributed by atoms with Gasteiger partial charge < -0.3 is 10.3 Å². The highest BCUT2D eigenvalue weighted by atomic mass is 16.6. The first-order chi connectivity index (χ1) is 9.20. The predicted octanol–water partition coefficient (Wildman–Crippen LogP) is 1.84. The first-order valence-corrected chi connectivity index (χ1v) is 5.60. The molecule has 7 heteroatoms. The SMILES string of the molecule is N#Cc1ccc(NCCc2cnc[nH]2)cc1[N+](=O)[O-]. The fourth-order valence-corrected chi connectivity index (χ4v) is 1.65. The number of nitro benzene ring substituents is 1. The van der Waals surface area contributed by atoms with E-state index in [0.29, 0.717) is 12.2 Å². The van der Waals surface area contributed by atoms with E-state index in [-0.39, 0.29) is 11.3 Å². The van der Waals surface area contributed by atoms with E-state index in [9.17, 15) is 10.1 Å². The zero-order valence-corrected chi connectivity index (χ0v) is 9.96. The highest BCUT2D eigenvalue weighted by Crippen LogP contribution is 2.22. The lowest BCUT2D eigenvalue weighted by Crippen LogP contribution is -2.05. The van der Waals surface area contributed by atoms with Gasteiger partial charge in [0.25, 0.3) is 5.69 Å². The number of benzene rings is 1. The molecular formula is C12H11N5O2. The van der Waals surface area contributed by atoms with E-state index >= 15 is 0 Å². The third kappa shape index (κ3) is 3.07. The Labute approximate surface area is 109 Å². The summed E-state index contributed by atoms with van der Waals surface area (Å²) >= 11 is 0. The molecule has 19 heavy (non-hydrogen) atoms. The van der Waals surface area contributed by atoms with Crippen molar-refractivity contribution in [1.82, 2.24) is 9.97 Å². The van der Waals surface area contributed by atoms with E-state index in [2.05, 4.69) is 15.3 Å². The Morgan fingerprint density at radius 1 is 1.53 bits per heavy atom. The number of imidazole rings is 1. The Morgan fingerprint density at radius 2 is 2.37 bits per heavy atom. The number of aromatic amines is 1. The summed E-state index contributed by atoms with van der Waals surface area (Å²) in [5.41, 5.74) is 1.47. The fraction of sp³-hybridized carbons (Fsp3) is 0.167. The Balaban J connectivity index is 2.03. The summed E-state index contributed by atoms with van der Waals surface area (Å²) in [6.45, 7) is 0.616. The number of rotatable bonds is 5. The number of nitrogens with zero attached hydrogens (tertiary/aromatic N) is 3. The lowest BCUT2D eigenvalue weighted by atomic mass is 10.2. The van der Waals surface area contributed by atoms with Gasteiger partial charge in [-0.1, -0.05) is 0 Å². The van der Waals surface area contributed by atoms with Crippen LogP contribution in [0.15, 0.2) is 30.7 Å². The number of anilines is 1. The molecular weight excluding hydrogens is 246 g/mol. The van der Waals surface area contributed by atoms with Crippen molar-refractivity contribution in [2.24, 2.45) is 0 Å². The number of hydrogen-bond donors (Lipinski definition) is 2. The molecule has 0 spiro atoms. The number of nitriles is 1. The van der Waals surface area contributed by atoms with E-state index in [1.54, 1.807) is 24.7 Å². The first kappa shape index (κ1) is 12.6. The molecule has 0 saturated heterocycles. The van der Waals surface area contributed by atoms with Crippen LogP contribution >= 0.6 is 0 Å². The third-order valence-corrected chi connectivity index (χ3v) is 2.59. The summed E-state index contributed by atoms with van der Waals surface area (Å²) in [6, 6.07) is 6.26. The molecule has 2 N–H and O–H groups in total. The second-order valence-electron chi connectivity index (χ2n) is 3.85. The van der Waals surface area contributed by atoms with Crippen molar-refractivity contribution in [3.8, 4) is 6.07 Å². The van der Waals surface area contributed by atoms with Crippen LogP contribution in [0.3, 0.4) is 0 Å². The number of nitrogens with one attached hydrogen (secondary N) is 2. The molecule has 1 aromatic heterocycles. The average Bonchev–Trinajstić information content (AvgIpc) is 2.91. The maximum Gasteiger partial charge on any atom is 0.289 e. The average molecular weight is 257 g/mol. The minimum atomic E-state index is -0.557. The van der Waals surface area contributed by atoms with Crippen LogP contribution in [0.2, 0.25) is 0 Å². The number of H-pyrrole nitrogens is 1. The smallest absolute Gasteiger partial charge is 0.289 e. The largest absolute Gasteiger partial charge is 0.384 e. The maximum absolute atomic E-state index is 10.8. The van der Waals surface area contributed by atoms with Crippen LogP contribution in [0.25, 0.3) is 0 Å². The highest BCUT2D eigenvalue weighted by Gasteiger charge is 2.13. The second kappa shape index (κ2) is 5.64. The van der Waals surface area contributed by atoms with Crippen molar-refractivity contribution in [3.63, 3.8) is 0 Å². The zero-order chi connectivity index (χ0) is 13.7. The normalized spacial score (nSPS) is 9.84. The molecule has 0 amide bonds. The molecule has 0 saturated carbocycles. The van der Waals surface area contributed by atoms with Gasteiger partial charge in [-0.15, -0.1) is 0 Å². The van der Waals surface area contributed by atoms with Crippen LogP contribution in [0.1, 0.15) is 11.3 Å². The minimum absolute atomic E-state index is 0.0594. The zero-order valence-electron chi connectivity index (χ0n) is 9.96. The van der Waals surface area contributed by atoms with Crippen LogP contribution in [0.4, 0.5) is 11.4 Å². The van der Waals surface area contributed by atoms with Gasteiger partial charge in [0.05, 0.1) is 11.3 Å². The predicted molar refractivity (Wildman–Crippen MR) is 68.6 cm³/mol. The monoisotopic (exact) mass is 257 g/mol. The quantitative estimate of drug-likeness (QED) is 0.627. The molecule has 0 aliphatic heterocycles. The Hall–Kier alpha value is -2.88. The molecule has 0 aliphatic rings. The van der Waals surface area contributed by atoms with Crippen LogP contribution in [-0.4, -0.2) is 21.4 Å². The van der Waals surface area contributed by atoms with Gasteiger partial charge in [0, 0.05) is 36.6 Å². The molecule has 0 fully saturated rings. The third-order valence-electron chi connectivity index (χ3n) is 2.59. The van der Waals surface area contributed by atoms with Crippen molar-refractivity contribution in [2.75, 3.05) is 11.9 Å². The molecule has 0 aliphatic carbocycles. The second-order valence-corrected chi connectivity index (χ2v) is 3.85. The highest BCUT2D eigenvalue weighted by molar-refractivity contribution is 5.59. The Morgan fingerprint density at radius 3 is 3.00 bits per heavy atom.